The van der Waals surface area contributed by atoms with Gasteiger partial charge in [-0.05, 0) is 57.1 Å². The van der Waals surface area contributed by atoms with Gasteiger partial charge in [0.15, 0.2) is 5.82 Å². The highest BCUT2D eigenvalue weighted by Crippen LogP contribution is 2.41. The first-order valence-corrected chi connectivity index (χ1v) is 15.8. The van der Waals surface area contributed by atoms with E-state index in [0.717, 1.165) is 25.7 Å². The number of hydrogen-bond donors (Lipinski definition) is 2. The zero-order valence-corrected chi connectivity index (χ0v) is 27.7. The molecule has 12 nitrogen and oxygen atoms in total. The molecule has 3 amide bonds. The van der Waals surface area contributed by atoms with Crippen LogP contribution in [-0.2, 0) is 17.5 Å². The number of halogens is 4. The summed E-state index contributed by atoms with van der Waals surface area (Å²) in [5.74, 6) is 0.281. The molecule has 0 unspecified atom stereocenters. The van der Waals surface area contributed by atoms with Gasteiger partial charge in [0.25, 0.3) is 5.88 Å². The number of ether oxygens (including phenoxy) is 3. The topological polar surface area (TPSA) is 121 Å². The highest BCUT2D eigenvalue weighted by Gasteiger charge is 2.35. The lowest BCUT2D eigenvalue weighted by molar-refractivity contribution is -0.138. The minimum atomic E-state index is -4.61. The van der Waals surface area contributed by atoms with Gasteiger partial charge in [0, 0.05) is 50.2 Å². The highest BCUT2D eigenvalue weighted by molar-refractivity contribution is 6.32. The molecule has 2 aromatic carbocycles. The molecule has 16 heteroatoms. The van der Waals surface area contributed by atoms with E-state index in [9.17, 15) is 22.8 Å². The van der Waals surface area contributed by atoms with Gasteiger partial charge in [-0.15, -0.1) is 0 Å². The summed E-state index contributed by atoms with van der Waals surface area (Å²) in [7, 11) is 0. The van der Waals surface area contributed by atoms with Gasteiger partial charge in [-0.25, -0.2) is 14.6 Å². The van der Waals surface area contributed by atoms with Crippen molar-refractivity contribution in [2.45, 2.75) is 46.0 Å². The zero-order valence-electron chi connectivity index (χ0n) is 27.0. The second-order valence-electron chi connectivity index (χ2n) is 12.2. The Kier molecular flexibility index (Phi) is 10.5. The normalized spacial score (nSPS) is 15.7. The van der Waals surface area contributed by atoms with Crippen molar-refractivity contribution >= 4 is 40.9 Å². The molecule has 3 aromatic rings. The van der Waals surface area contributed by atoms with Crippen molar-refractivity contribution in [3.05, 3.63) is 58.9 Å². The van der Waals surface area contributed by atoms with Gasteiger partial charge < -0.3 is 29.7 Å². The van der Waals surface area contributed by atoms with Crippen molar-refractivity contribution in [2.24, 2.45) is 0 Å². The van der Waals surface area contributed by atoms with E-state index in [1.807, 2.05) is 4.90 Å². The smallest absolute Gasteiger partial charge is 0.416 e. The van der Waals surface area contributed by atoms with E-state index in [1.165, 1.54) is 41.6 Å². The average Bonchev–Trinajstić information content (AvgIpc) is 3.02. The fourth-order valence-electron chi connectivity index (χ4n) is 5.20. The fraction of sp³-hybridized carbons (Fsp3) is 0.438. The van der Waals surface area contributed by atoms with Crippen LogP contribution in [0.15, 0.2) is 42.7 Å². The molecular weight excluding hydrogens is 655 g/mol. The molecular formula is C32H37ClF3N7O5. The van der Waals surface area contributed by atoms with Gasteiger partial charge in [0.2, 0.25) is 5.75 Å². The van der Waals surface area contributed by atoms with Crippen LogP contribution in [0, 0.1) is 0 Å². The van der Waals surface area contributed by atoms with Crippen molar-refractivity contribution in [2.75, 3.05) is 61.4 Å². The number of urea groups is 1. The number of piperazine rings is 1. The predicted octanol–water partition coefficient (Wildman–Crippen LogP) is 6.86. The maximum Gasteiger partial charge on any atom is 0.416 e. The lowest BCUT2D eigenvalue weighted by Gasteiger charge is -2.34. The van der Waals surface area contributed by atoms with Crippen LogP contribution in [0.1, 0.15) is 38.8 Å². The molecule has 0 atom stereocenters. The lowest BCUT2D eigenvalue weighted by atomic mass is 10.0. The third-order valence-corrected chi connectivity index (χ3v) is 7.87. The van der Waals surface area contributed by atoms with Crippen molar-refractivity contribution in [1.82, 2.24) is 19.8 Å². The van der Waals surface area contributed by atoms with Crippen LogP contribution in [0.5, 0.6) is 17.4 Å². The Balaban J connectivity index is 1.27. The first kappa shape index (κ1) is 35.0. The Labute approximate surface area is 281 Å². The monoisotopic (exact) mass is 691 g/mol. The van der Waals surface area contributed by atoms with Gasteiger partial charge in [-0.2, -0.15) is 18.2 Å². The molecule has 258 valence electrons. The molecule has 2 N–H and O–H groups in total. The minimum Gasteiger partial charge on any atom is -0.483 e. The number of nitrogens with zero attached hydrogens (tertiary/aromatic N) is 5. The molecule has 0 bridgehead atoms. The zero-order chi connectivity index (χ0) is 34.6. The molecule has 1 fully saturated rings. The number of aromatic nitrogens is 2. The molecule has 2 aliphatic rings. The van der Waals surface area contributed by atoms with E-state index < -0.39 is 29.5 Å². The molecule has 3 heterocycles. The maximum atomic E-state index is 14.1. The van der Waals surface area contributed by atoms with E-state index in [2.05, 4.69) is 32.4 Å². The second-order valence-corrected chi connectivity index (χ2v) is 12.6. The fourth-order valence-corrected chi connectivity index (χ4v) is 5.35. The van der Waals surface area contributed by atoms with E-state index in [1.54, 1.807) is 20.8 Å². The molecule has 0 aliphatic carbocycles. The molecule has 48 heavy (non-hydrogen) atoms. The van der Waals surface area contributed by atoms with Crippen LogP contribution in [0.25, 0.3) is 0 Å². The average molecular weight is 692 g/mol. The number of benzene rings is 2. The molecule has 0 spiro atoms. The standard InChI is InChI=1S/C32H37ClF3N7O5/c1-5-41-10-12-42(13-11-41)18-20-6-7-21(16-23(20)32(34,35)36)39-29(44)40-22-8-9-24(33)25(17-22)47-28-26-27(37-19-38-28)43(14-15-46-26)30(45)48-31(2,3)4/h6-9,16-17,19H,5,10-15,18H2,1-4H3,(H2,39,40,44). The number of amides is 3. The minimum absolute atomic E-state index is 0.0240. The van der Waals surface area contributed by atoms with Crippen LogP contribution < -0.4 is 25.0 Å². The summed E-state index contributed by atoms with van der Waals surface area (Å²) in [6.45, 7) is 11.6. The number of fused-ring (bicyclic) bond motifs is 1. The number of carbonyl (C=O) groups excluding carboxylic acids is 2. The SMILES string of the molecule is CCN1CCN(Cc2ccc(NC(=O)Nc3ccc(Cl)c(Oc4ncnc5c4OCCN5C(=O)OC(C)(C)C)c3)cc2C(F)(F)F)CC1. The highest BCUT2D eigenvalue weighted by atomic mass is 35.5. The maximum absolute atomic E-state index is 14.1. The second kappa shape index (κ2) is 14.4. The third-order valence-electron chi connectivity index (χ3n) is 7.56. The summed E-state index contributed by atoms with van der Waals surface area (Å²) in [6, 6.07) is 7.36. The largest absolute Gasteiger partial charge is 0.483 e. The van der Waals surface area contributed by atoms with Crippen molar-refractivity contribution in [3.8, 4) is 17.4 Å². The van der Waals surface area contributed by atoms with Crippen LogP contribution in [-0.4, -0.2) is 83.4 Å². The number of likely N-dealkylation sites (N-methyl/N-ethyl adjacent to an activating group) is 1. The number of carbonyl (C=O) groups is 2. The van der Waals surface area contributed by atoms with E-state index in [-0.39, 0.29) is 64.9 Å². The van der Waals surface area contributed by atoms with Crippen LogP contribution in [0.2, 0.25) is 5.02 Å². The van der Waals surface area contributed by atoms with E-state index in [4.69, 9.17) is 25.8 Å². The Bertz CT molecular complexity index is 1650. The first-order valence-electron chi connectivity index (χ1n) is 15.4. The van der Waals surface area contributed by atoms with Gasteiger partial charge in [-0.1, -0.05) is 24.6 Å². The van der Waals surface area contributed by atoms with Crippen LogP contribution >= 0.6 is 11.6 Å². The Morgan fingerprint density at radius 1 is 0.958 bits per heavy atom. The van der Waals surface area contributed by atoms with E-state index in [0.29, 0.717) is 13.1 Å². The molecule has 5 rings (SSSR count). The van der Waals surface area contributed by atoms with Crippen molar-refractivity contribution in [1.29, 1.82) is 0 Å². The van der Waals surface area contributed by atoms with Crippen molar-refractivity contribution < 1.29 is 37.0 Å². The molecule has 0 saturated carbocycles. The number of hydrogen-bond acceptors (Lipinski definition) is 9. The number of anilines is 3. The third kappa shape index (κ3) is 8.76. The van der Waals surface area contributed by atoms with Crippen LogP contribution in [0.3, 0.4) is 0 Å². The predicted molar refractivity (Wildman–Crippen MR) is 174 cm³/mol. The molecule has 1 aromatic heterocycles. The van der Waals surface area contributed by atoms with Gasteiger partial charge in [-0.3, -0.25) is 9.80 Å². The van der Waals surface area contributed by atoms with E-state index >= 15 is 0 Å². The Morgan fingerprint density at radius 3 is 2.29 bits per heavy atom. The molecule has 1 saturated heterocycles. The lowest BCUT2D eigenvalue weighted by Crippen LogP contribution is -2.45. The number of rotatable bonds is 7. The number of nitrogens with one attached hydrogen (secondary N) is 2. The Hall–Kier alpha value is -4.34. The Morgan fingerprint density at radius 2 is 1.62 bits per heavy atom. The van der Waals surface area contributed by atoms with Crippen LogP contribution in [0.4, 0.5) is 40.0 Å². The van der Waals surface area contributed by atoms with Gasteiger partial charge >= 0.3 is 18.3 Å². The summed E-state index contributed by atoms with van der Waals surface area (Å²) in [4.78, 5) is 39.5. The summed E-state index contributed by atoms with van der Waals surface area (Å²) >= 11 is 6.37. The first-order chi connectivity index (χ1) is 22.7. The summed E-state index contributed by atoms with van der Waals surface area (Å²) in [5, 5.41) is 5.21. The molecule has 2 aliphatic heterocycles. The quantitative estimate of drug-likeness (QED) is 0.274. The summed E-state index contributed by atoms with van der Waals surface area (Å²) in [5.41, 5.74) is -1.19. The van der Waals surface area contributed by atoms with Gasteiger partial charge in [0.05, 0.1) is 17.1 Å². The van der Waals surface area contributed by atoms with Gasteiger partial charge in [0.1, 0.15) is 24.3 Å². The van der Waals surface area contributed by atoms with Crippen molar-refractivity contribution in [3.63, 3.8) is 0 Å². The summed E-state index contributed by atoms with van der Waals surface area (Å²) < 4.78 is 59.3. The summed E-state index contributed by atoms with van der Waals surface area (Å²) in [6.07, 6.45) is -4.03. The molecule has 0 radical (unpaired) electrons. The number of alkyl halides is 3.